The lowest BCUT2D eigenvalue weighted by Crippen LogP contribution is -2.31. The number of amides is 1. The smallest absolute Gasteiger partial charge is 0.273 e. The molecule has 8 heteroatoms. The Kier molecular flexibility index (Phi) is 8.00. The van der Waals surface area contributed by atoms with Crippen LogP contribution in [0.3, 0.4) is 0 Å². The molecule has 178 valence electrons. The van der Waals surface area contributed by atoms with Gasteiger partial charge in [0.05, 0.1) is 6.54 Å². The monoisotopic (exact) mass is 479 g/mol. The van der Waals surface area contributed by atoms with E-state index in [2.05, 4.69) is 44.6 Å². The summed E-state index contributed by atoms with van der Waals surface area (Å²) in [6.45, 7) is 3.33. The zero-order valence-corrected chi connectivity index (χ0v) is 20.3. The highest BCUT2D eigenvalue weighted by Gasteiger charge is 2.16. The van der Waals surface area contributed by atoms with Gasteiger partial charge >= 0.3 is 0 Å². The Hall–Kier alpha value is -3.13. The lowest BCUT2D eigenvalue weighted by Gasteiger charge is -2.21. The Balaban J connectivity index is 1.44. The average Bonchev–Trinajstić information content (AvgIpc) is 3.46. The summed E-state index contributed by atoms with van der Waals surface area (Å²) in [7, 11) is 3.93. The molecular formula is C26H30ClN5O2. The summed E-state index contributed by atoms with van der Waals surface area (Å²) < 4.78 is 5.66. The maximum absolute atomic E-state index is 12.4. The normalized spacial score (nSPS) is 11.6. The van der Waals surface area contributed by atoms with E-state index in [1.54, 1.807) is 0 Å². The molecule has 2 heterocycles. The fourth-order valence-electron chi connectivity index (χ4n) is 3.84. The van der Waals surface area contributed by atoms with Gasteiger partial charge < -0.3 is 19.6 Å². The van der Waals surface area contributed by atoms with Gasteiger partial charge in [0.2, 0.25) is 5.89 Å². The molecule has 0 unspecified atom stereocenters. The largest absolute Gasteiger partial charge is 0.447 e. The fourth-order valence-corrected chi connectivity index (χ4v) is 3.97. The topological polar surface area (TPSA) is 77.4 Å². The number of nitrogens with one attached hydrogen (secondary N) is 2. The maximum atomic E-state index is 12.4. The van der Waals surface area contributed by atoms with Gasteiger partial charge in [-0.05, 0) is 49.8 Å². The van der Waals surface area contributed by atoms with Crippen molar-refractivity contribution in [2.75, 3.05) is 33.7 Å². The number of carbonyl (C=O) groups is 1. The van der Waals surface area contributed by atoms with E-state index < -0.39 is 0 Å². The van der Waals surface area contributed by atoms with Crippen LogP contribution in [0.25, 0.3) is 10.9 Å². The number of H-pyrrole nitrogens is 1. The highest BCUT2D eigenvalue weighted by Crippen LogP contribution is 2.20. The van der Waals surface area contributed by atoms with E-state index in [1.165, 1.54) is 17.2 Å². The van der Waals surface area contributed by atoms with Gasteiger partial charge in [-0.15, -0.1) is 0 Å². The number of carbonyl (C=O) groups excluding carboxylic acids is 1. The van der Waals surface area contributed by atoms with E-state index in [1.807, 2.05) is 49.3 Å². The van der Waals surface area contributed by atoms with Gasteiger partial charge in [0.1, 0.15) is 6.26 Å². The molecule has 0 aliphatic heterocycles. The molecule has 0 aliphatic carbocycles. The molecule has 0 spiro atoms. The number of para-hydroxylation sites is 1. The molecule has 0 saturated heterocycles. The highest BCUT2D eigenvalue weighted by atomic mass is 35.5. The number of halogens is 1. The maximum Gasteiger partial charge on any atom is 0.273 e. The van der Waals surface area contributed by atoms with Crippen molar-refractivity contribution in [3.63, 3.8) is 0 Å². The second kappa shape index (κ2) is 11.3. The Morgan fingerprint density at radius 3 is 2.68 bits per heavy atom. The molecule has 0 atom stereocenters. The third-order valence-electron chi connectivity index (χ3n) is 5.68. The van der Waals surface area contributed by atoms with Crippen molar-refractivity contribution in [2.24, 2.45) is 0 Å². The molecule has 2 N–H and O–H groups in total. The minimum Gasteiger partial charge on any atom is -0.447 e. The van der Waals surface area contributed by atoms with E-state index in [0.29, 0.717) is 36.2 Å². The SMILES string of the molecule is CN(C)CCNC(=O)c1coc(CN(CCc2c[nH]c3ccccc23)Cc2ccc(Cl)cc2)n1. The van der Waals surface area contributed by atoms with Gasteiger partial charge in [-0.25, -0.2) is 4.98 Å². The molecule has 34 heavy (non-hydrogen) atoms. The van der Waals surface area contributed by atoms with Crippen molar-refractivity contribution in [2.45, 2.75) is 19.5 Å². The van der Waals surface area contributed by atoms with Gasteiger partial charge in [0.25, 0.3) is 5.91 Å². The Morgan fingerprint density at radius 1 is 1.09 bits per heavy atom. The van der Waals surface area contributed by atoms with Gasteiger partial charge in [-0.3, -0.25) is 9.69 Å². The number of fused-ring (bicyclic) bond motifs is 1. The predicted molar refractivity (Wildman–Crippen MR) is 135 cm³/mol. The quantitative estimate of drug-likeness (QED) is 0.334. The zero-order chi connectivity index (χ0) is 23.9. The Bertz CT molecular complexity index is 1220. The first-order valence-corrected chi connectivity index (χ1v) is 11.7. The number of aromatic amines is 1. The first-order valence-electron chi connectivity index (χ1n) is 11.4. The number of nitrogens with zero attached hydrogens (tertiary/aromatic N) is 3. The van der Waals surface area contributed by atoms with Crippen LogP contribution in [-0.2, 0) is 19.5 Å². The number of hydrogen-bond donors (Lipinski definition) is 2. The number of likely N-dealkylation sites (N-methyl/N-ethyl adjacent to an activating group) is 1. The molecule has 4 aromatic rings. The third-order valence-corrected chi connectivity index (χ3v) is 5.93. The van der Waals surface area contributed by atoms with Crippen LogP contribution in [0.5, 0.6) is 0 Å². The van der Waals surface area contributed by atoms with Crippen LogP contribution >= 0.6 is 11.6 Å². The average molecular weight is 480 g/mol. The van der Waals surface area contributed by atoms with Crippen LogP contribution in [0, 0.1) is 0 Å². The number of rotatable bonds is 11. The van der Waals surface area contributed by atoms with Crippen molar-refractivity contribution < 1.29 is 9.21 Å². The van der Waals surface area contributed by atoms with Crippen LogP contribution in [0.15, 0.2) is 65.4 Å². The highest BCUT2D eigenvalue weighted by molar-refractivity contribution is 6.30. The van der Waals surface area contributed by atoms with E-state index >= 15 is 0 Å². The van der Waals surface area contributed by atoms with E-state index in [9.17, 15) is 4.79 Å². The minimum atomic E-state index is -0.222. The van der Waals surface area contributed by atoms with Crippen LogP contribution in [0.2, 0.25) is 5.02 Å². The standard InChI is InChI=1S/C26H30ClN5O2/c1-31(2)14-12-28-26(33)24-18-34-25(30-24)17-32(16-19-7-9-21(27)10-8-19)13-11-20-15-29-23-6-4-3-5-22(20)23/h3-10,15,18,29H,11-14,16-17H2,1-2H3,(H,28,33). The summed E-state index contributed by atoms with van der Waals surface area (Å²) >= 11 is 6.07. The third kappa shape index (κ3) is 6.47. The zero-order valence-electron chi connectivity index (χ0n) is 19.6. The van der Waals surface area contributed by atoms with Gasteiger partial charge in [-0.2, -0.15) is 0 Å². The van der Waals surface area contributed by atoms with Crippen molar-refractivity contribution in [3.8, 4) is 0 Å². The van der Waals surface area contributed by atoms with Gasteiger partial charge in [0, 0.05) is 48.3 Å². The van der Waals surface area contributed by atoms with Crippen molar-refractivity contribution in [1.29, 1.82) is 0 Å². The Labute approximate surface area is 204 Å². The first-order chi connectivity index (χ1) is 16.5. The van der Waals surface area contributed by atoms with Crippen molar-refractivity contribution in [1.82, 2.24) is 25.1 Å². The summed E-state index contributed by atoms with van der Waals surface area (Å²) in [4.78, 5) is 24.4. The second-order valence-electron chi connectivity index (χ2n) is 8.63. The van der Waals surface area contributed by atoms with E-state index in [4.69, 9.17) is 16.0 Å². The molecule has 7 nitrogen and oxygen atoms in total. The molecular weight excluding hydrogens is 450 g/mol. The minimum absolute atomic E-state index is 0.222. The molecule has 0 saturated carbocycles. The van der Waals surface area contributed by atoms with Crippen molar-refractivity contribution >= 4 is 28.4 Å². The van der Waals surface area contributed by atoms with Crippen LogP contribution < -0.4 is 5.32 Å². The second-order valence-corrected chi connectivity index (χ2v) is 9.07. The lowest BCUT2D eigenvalue weighted by molar-refractivity contribution is 0.0946. The molecule has 2 aromatic carbocycles. The summed E-state index contributed by atoms with van der Waals surface area (Å²) in [6.07, 6.45) is 4.38. The summed E-state index contributed by atoms with van der Waals surface area (Å²) in [5.74, 6) is 0.297. The molecule has 0 radical (unpaired) electrons. The predicted octanol–water partition coefficient (Wildman–Crippen LogP) is 4.35. The lowest BCUT2D eigenvalue weighted by atomic mass is 10.1. The Morgan fingerprint density at radius 2 is 1.88 bits per heavy atom. The molecule has 0 aliphatic rings. The molecule has 0 fully saturated rings. The van der Waals surface area contributed by atoms with E-state index in [-0.39, 0.29) is 5.91 Å². The number of aromatic nitrogens is 2. The molecule has 0 bridgehead atoms. The molecule has 1 amide bonds. The van der Waals surface area contributed by atoms with Gasteiger partial charge in [0.15, 0.2) is 5.69 Å². The fraction of sp³-hybridized carbons (Fsp3) is 0.308. The molecule has 4 rings (SSSR count). The summed E-state index contributed by atoms with van der Waals surface area (Å²) in [5.41, 5.74) is 3.86. The van der Waals surface area contributed by atoms with Crippen LogP contribution in [-0.4, -0.2) is 59.4 Å². The van der Waals surface area contributed by atoms with Crippen LogP contribution in [0.4, 0.5) is 0 Å². The number of benzene rings is 2. The number of oxazole rings is 1. The summed E-state index contributed by atoms with van der Waals surface area (Å²) in [6, 6.07) is 16.2. The summed E-state index contributed by atoms with van der Waals surface area (Å²) in [5, 5.41) is 4.82. The van der Waals surface area contributed by atoms with Gasteiger partial charge in [-0.1, -0.05) is 41.9 Å². The molecule has 2 aromatic heterocycles. The van der Waals surface area contributed by atoms with E-state index in [0.717, 1.165) is 30.6 Å². The number of hydrogen-bond acceptors (Lipinski definition) is 5. The van der Waals surface area contributed by atoms with Crippen molar-refractivity contribution in [3.05, 3.63) is 88.7 Å². The van der Waals surface area contributed by atoms with Crippen LogP contribution in [0.1, 0.15) is 27.5 Å². The first kappa shape index (κ1) is 24.0.